The van der Waals surface area contributed by atoms with Crippen LogP contribution in [0.2, 0.25) is 0 Å². The average molecular weight is 312 g/mol. The Morgan fingerprint density at radius 3 is 2.65 bits per heavy atom. The number of carbonyl (C=O) groups excluding carboxylic acids is 1. The summed E-state index contributed by atoms with van der Waals surface area (Å²) in [4.78, 5) is 18.3. The molecule has 6 heteroatoms. The summed E-state index contributed by atoms with van der Waals surface area (Å²) in [6.07, 6.45) is 3.42. The first-order valence-electron chi connectivity index (χ1n) is 7.68. The molecule has 23 heavy (non-hydrogen) atoms. The number of hydrogen-bond donors (Lipinski definition) is 2. The van der Waals surface area contributed by atoms with Gasteiger partial charge in [-0.05, 0) is 29.8 Å². The van der Waals surface area contributed by atoms with Crippen LogP contribution in [0, 0.1) is 0 Å². The molecule has 3 rings (SSSR count). The Morgan fingerprint density at radius 1 is 1.13 bits per heavy atom. The molecule has 6 nitrogen and oxygen atoms in total. The predicted molar refractivity (Wildman–Crippen MR) is 89.6 cm³/mol. The van der Waals surface area contributed by atoms with Gasteiger partial charge in [0, 0.05) is 32.0 Å². The van der Waals surface area contributed by atoms with Gasteiger partial charge >= 0.3 is 6.03 Å². The fourth-order valence-corrected chi connectivity index (χ4v) is 2.51. The molecule has 0 unspecified atom stereocenters. The summed E-state index contributed by atoms with van der Waals surface area (Å²) in [5.74, 6) is 0. The first-order valence-corrected chi connectivity index (χ1v) is 7.68. The maximum Gasteiger partial charge on any atom is 0.319 e. The molecule has 1 aliphatic heterocycles. The molecule has 2 heterocycles. The van der Waals surface area contributed by atoms with Gasteiger partial charge in [-0.15, -0.1) is 0 Å². The molecule has 0 bridgehead atoms. The molecule has 2 aromatic rings. The molecular weight excluding hydrogens is 292 g/mol. The molecule has 2 amide bonds. The average Bonchev–Trinajstić information content (AvgIpc) is 2.62. The van der Waals surface area contributed by atoms with Crippen molar-refractivity contribution in [3.8, 4) is 0 Å². The van der Waals surface area contributed by atoms with Gasteiger partial charge in [-0.2, -0.15) is 0 Å². The summed E-state index contributed by atoms with van der Waals surface area (Å²) in [6, 6.07) is 11.4. The van der Waals surface area contributed by atoms with Crippen molar-refractivity contribution in [1.82, 2.24) is 10.3 Å². The zero-order valence-corrected chi connectivity index (χ0v) is 12.9. The predicted octanol–water partition coefficient (Wildman–Crippen LogP) is 2.24. The zero-order valence-electron chi connectivity index (χ0n) is 12.9. The van der Waals surface area contributed by atoms with Gasteiger partial charge in [0.25, 0.3) is 0 Å². The first kappa shape index (κ1) is 15.3. The summed E-state index contributed by atoms with van der Waals surface area (Å²) in [5.41, 5.74) is 2.84. The lowest BCUT2D eigenvalue weighted by atomic mass is 10.2. The van der Waals surface area contributed by atoms with Crippen molar-refractivity contribution in [1.29, 1.82) is 0 Å². The molecule has 1 aromatic heterocycles. The van der Waals surface area contributed by atoms with E-state index in [1.165, 1.54) is 0 Å². The molecule has 0 aliphatic carbocycles. The number of carbonyl (C=O) groups is 1. The van der Waals surface area contributed by atoms with Gasteiger partial charge in [-0.25, -0.2) is 4.79 Å². The van der Waals surface area contributed by atoms with E-state index in [4.69, 9.17) is 4.74 Å². The minimum Gasteiger partial charge on any atom is -0.378 e. The first-order chi connectivity index (χ1) is 11.3. The molecule has 0 radical (unpaired) electrons. The Morgan fingerprint density at radius 2 is 1.87 bits per heavy atom. The molecule has 2 N–H and O–H groups in total. The van der Waals surface area contributed by atoms with Crippen molar-refractivity contribution >= 4 is 17.4 Å². The van der Waals surface area contributed by atoms with Crippen LogP contribution in [0.1, 0.15) is 5.56 Å². The number of anilines is 2. The van der Waals surface area contributed by atoms with Gasteiger partial charge in [-0.3, -0.25) is 4.98 Å². The maximum absolute atomic E-state index is 12.1. The minimum absolute atomic E-state index is 0.220. The van der Waals surface area contributed by atoms with Crippen LogP contribution >= 0.6 is 0 Å². The van der Waals surface area contributed by atoms with E-state index >= 15 is 0 Å². The third kappa shape index (κ3) is 4.20. The van der Waals surface area contributed by atoms with Crippen molar-refractivity contribution < 1.29 is 9.53 Å². The Hall–Kier alpha value is -2.60. The van der Waals surface area contributed by atoms with E-state index in [9.17, 15) is 4.79 Å². The Labute approximate surface area is 135 Å². The molecule has 0 spiro atoms. The smallest absolute Gasteiger partial charge is 0.319 e. The summed E-state index contributed by atoms with van der Waals surface area (Å²) >= 11 is 0. The van der Waals surface area contributed by atoms with Crippen LogP contribution in [0.15, 0.2) is 48.8 Å². The Bertz CT molecular complexity index is 642. The third-order valence-corrected chi connectivity index (χ3v) is 3.71. The number of para-hydroxylation sites is 2. The molecular formula is C17H20N4O2. The van der Waals surface area contributed by atoms with E-state index in [1.54, 1.807) is 12.4 Å². The second kappa shape index (κ2) is 7.60. The summed E-state index contributed by atoms with van der Waals surface area (Å²) < 4.78 is 5.38. The monoisotopic (exact) mass is 312 g/mol. The van der Waals surface area contributed by atoms with Gasteiger partial charge in [-0.1, -0.05) is 12.1 Å². The summed E-state index contributed by atoms with van der Waals surface area (Å²) in [5, 5.41) is 5.79. The largest absolute Gasteiger partial charge is 0.378 e. The molecule has 1 fully saturated rings. The lowest BCUT2D eigenvalue weighted by Crippen LogP contribution is -2.37. The van der Waals surface area contributed by atoms with Crippen LogP contribution in [-0.2, 0) is 11.3 Å². The van der Waals surface area contributed by atoms with E-state index in [2.05, 4.69) is 20.5 Å². The fourth-order valence-electron chi connectivity index (χ4n) is 2.51. The number of morpholine rings is 1. The number of amides is 2. The standard InChI is InChI=1S/C17H20N4O2/c22-17(19-13-14-5-7-18-8-6-14)20-15-3-1-2-4-16(15)21-9-11-23-12-10-21/h1-8H,9-13H2,(H2,19,20,22). The normalized spacial score (nSPS) is 14.3. The lowest BCUT2D eigenvalue weighted by molar-refractivity contribution is 0.123. The van der Waals surface area contributed by atoms with E-state index in [1.807, 2.05) is 36.4 Å². The topological polar surface area (TPSA) is 66.5 Å². The zero-order chi connectivity index (χ0) is 15.9. The molecule has 0 saturated carbocycles. The number of nitrogens with zero attached hydrogens (tertiary/aromatic N) is 2. The molecule has 120 valence electrons. The Kier molecular flexibility index (Phi) is 5.06. The summed E-state index contributed by atoms with van der Waals surface area (Å²) in [6.45, 7) is 3.55. The third-order valence-electron chi connectivity index (χ3n) is 3.71. The van der Waals surface area contributed by atoms with Crippen LogP contribution in [0.4, 0.5) is 16.2 Å². The van der Waals surface area contributed by atoms with Crippen LogP contribution in [0.3, 0.4) is 0 Å². The maximum atomic E-state index is 12.1. The van der Waals surface area contributed by atoms with Gasteiger partial charge in [0.15, 0.2) is 0 Å². The number of aromatic nitrogens is 1. The van der Waals surface area contributed by atoms with Gasteiger partial charge in [0.1, 0.15) is 0 Å². The molecule has 1 saturated heterocycles. The quantitative estimate of drug-likeness (QED) is 0.908. The van der Waals surface area contributed by atoms with E-state index in [-0.39, 0.29) is 6.03 Å². The Balaban J connectivity index is 1.62. The lowest BCUT2D eigenvalue weighted by Gasteiger charge is -2.30. The van der Waals surface area contributed by atoms with Crippen LogP contribution in [0.25, 0.3) is 0 Å². The highest BCUT2D eigenvalue weighted by atomic mass is 16.5. The summed E-state index contributed by atoms with van der Waals surface area (Å²) in [7, 11) is 0. The van der Waals surface area contributed by atoms with E-state index < -0.39 is 0 Å². The number of ether oxygens (including phenoxy) is 1. The van der Waals surface area contributed by atoms with Crippen molar-refractivity contribution in [2.45, 2.75) is 6.54 Å². The highest BCUT2D eigenvalue weighted by molar-refractivity contribution is 5.93. The van der Waals surface area contributed by atoms with E-state index in [0.717, 1.165) is 30.0 Å². The number of pyridine rings is 1. The van der Waals surface area contributed by atoms with Gasteiger partial charge < -0.3 is 20.3 Å². The highest BCUT2D eigenvalue weighted by Crippen LogP contribution is 2.26. The van der Waals surface area contributed by atoms with Crippen molar-refractivity contribution in [3.05, 3.63) is 54.4 Å². The fraction of sp³-hybridized carbons (Fsp3) is 0.294. The van der Waals surface area contributed by atoms with Crippen molar-refractivity contribution in [2.75, 3.05) is 36.5 Å². The highest BCUT2D eigenvalue weighted by Gasteiger charge is 2.15. The second-order valence-electron chi connectivity index (χ2n) is 5.28. The number of benzene rings is 1. The molecule has 1 aliphatic rings. The molecule has 1 aromatic carbocycles. The number of nitrogens with one attached hydrogen (secondary N) is 2. The molecule has 0 atom stereocenters. The van der Waals surface area contributed by atoms with Crippen molar-refractivity contribution in [3.63, 3.8) is 0 Å². The van der Waals surface area contributed by atoms with Gasteiger partial charge in [0.2, 0.25) is 0 Å². The van der Waals surface area contributed by atoms with E-state index in [0.29, 0.717) is 19.8 Å². The van der Waals surface area contributed by atoms with Crippen LogP contribution < -0.4 is 15.5 Å². The minimum atomic E-state index is -0.220. The number of hydrogen-bond acceptors (Lipinski definition) is 4. The van der Waals surface area contributed by atoms with Crippen LogP contribution in [0.5, 0.6) is 0 Å². The van der Waals surface area contributed by atoms with Gasteiger partial charge in [0.05, 0.1) is 24.6 Å². The number of urea groups is 1. The second-order valence-corrected chi connectivity index (χ2v) is 5.28. The van der Waals surface area contributed by atoms with Crippen LogP contribution in [-0.4, -0.2) is 37.3 Å². The van der Waals surface area contributed by atoms with Crippen molar-refractivity contribution in [2.24, 2.45) is 0 Å². The SMILES string of the molecule is O=C(NCc1ccncc1)Nc1ccccc1N1CCOCC1. The number of rotatable bonds is 4.